The number of hydrogen-bond donors (Lipinski definition) is 2. The lowest BCUT2D eigenvalue weighted by molar-refractivity contribution is -0.121. The van der Waals surface area contributed by atoms with Crippen LogP contribution in [0, 0.1) is 0 Å². The lowest BCUT2D eigenvalue weighted by Gasteiger charge is -2.23. The average molecular weight is 303 g/mol. The van der Waals surface area contributed by atoms with Crippen molar-refractivity contribution >= 4 is 11.8 Å². The van der Waals surface area contributed by atoms with E-state index in [-0.39, 0.29) is 5.91 Å². The SMILES string of the molecule is CC(CCC(=O)NCc1ccc(C(N)=O)cc1)N1CCCC1. The Bertz CT molecular complexity index is 507. The van der Waals surface area contributed by atoms with E-state index in [0.717, 1.165) is 25.1 Å². The summed E-state index contributed by atoms with van der Waals surface area (Å²) in [6.07, 6.45) is 4.00. The molecule has 1 aromatic carbocycles. The normalized spacial score (nSPS) is 16.4. The molecule has 1 fully saturated rings. The summed E-state index contributed by atoms with van der Waals surface area (Å²) in [5.74, 6) is -0.364. The van der Waals surface area contributed by atoms with E-state index in [9.17, 15) is 9.59 Å². The van der Waals surface area contributed by atoms with Gasteiger partial charge >= 0.3 is 0 Å². The highest BCUT2D eigenvalue weighted by molar-refractivity contribution is 5.92. The molecule has 120 valence electrons. The smallest absolute Gasteiger partial charge is 0.248 e. The maximum Gasteiger partial charge on any atom is 0.248 e. The lowest BCUT2D eigenvalue weighted by Crippen LogP contribution is -2.32. The van der Waals surface area contributed by atoms with Gasteiger partial charge < -0.3 is 16.0 Å². The van der Waals surface area contributed by atoms with Crippen molar-refractivity contribution in [3.63, 3.8) is 0 Å². The number of rotatable bonds is 7. The third-order valence-electron chi connectivity index (χ3n) is 4.28. The third kappa shape index (κ3) is 4.84. The highest BCUT2D eigenvalue weighted by Crippen LogP contribution is 2.14. The molecule has 0 aromatic heterocycles. The molecular weight excluding hydrogens is 278 g/mol. The van der Waals surface area contributed by atoms with E-state index in [2.05, 4.69) is 17.1 Å². The number of primary amides is 1. The molecule has 1 atom stereocenters. The number of amides is 2. The summed E-state index contributed by atoms with van der Waals surface area (Å²) in [5, 5.41) is 2.92. The zero-order valence-corrected chi connectivity index (χ0v) is 13.2. The summed E-state index contributed by atoms with van der Waals surface area (Å²) in [5.41, 5.74) is 6.64. The number of hydrogen-bond acceptors (Lipinski definition) is 3. The first-order valence-corrected chi connectivity index (χ1v) is 7.96. The van der Waals surface area contributed by atoms with Crippen LogP contribution in [0.1, 0.15) is 48.5 Å². The lowest BCUT2D eigenvalue weighted by atomic mass is 10.1. The van der Waals surface area contributed by atoms with Crippen LogP contribution >= 0.6 is 0 Å². The van der Waals surface area contributed by atoms with Crippen molar-refractivity contribution in [3.05, 3.63) is 35.4 Å². The van der Waals surface area contributed by atoms with Gasteiger partial charge in [-0.1, -0.05) is 12.1 Å². The summed E-state index contributed by atoms with van der Waals surface area (Å²) in [6.45, 7) is 5.00. The summed E-state index contributed by atoms with van der Waals surface area (Å²) in [4.78, 5) is 25.3. The van der Waals surface area contributed by atoms with Gasteiger partial charge in [0.15, 0.2) is 0 Å². The van der Waals surface area contributed by atoms with E-state index in [4.69, 9.17) is 5.73 Å². The van der Waals surface area contributed by atoms with E-state index in [1.54, 1.807) is 12.1 Å². The van der Waals surface area contributed by atoms with Crippen molar-refractivity contribution in [1.29, 1.82) is 0 Å². The topological polar surface area (TPSA) is 75.4 Å². The molecule has 0 radical (unpaired) electrons. The monoisotopic (exact) mass is 303 g/mol. The molecule has 1 aromatic rings. The number of carbonyl (C=O) groups excluding carboxylic acids is 2. The van der Waals surface area contributed by atoms with Gasteiger partial charge in [0, 0.05) is 24.6 Å². The van der Waals surface area contributed by atoms with Crippen LogP contribution < -0.4 is 11.1 Å². The number of benzene rings is 1. The van der Waals surface area contributed by atoms with Gasteiger partial charge in [-0.05, 0) is 57.0 Å². The van der Waals surface area contributed by atoms with Crippen LogP contribution in [0.3, 0.4) is 0 Å². The van der Waals surface area contributed by atoms with Gasteiger partial charge in [0.2, 0.25) is 11.8 Å². The van der Waals surface area contributed by atoms with Crippen molar-refractivity contribution in [2.75, 3.05) is 13.1 Å². The molecule has 1 unspecified atom stereocenters. The van der Waals surface area contributed by atoms with E-state index in [1.807, 2.05) is 12.1 Å². The van der Waals surface area contributed by atoms with Crippen molar-refractivity contribution in [3.8, 4) is 0 Å². The van der Waals surface area contributed by atoms with E-state index < -0.39 is 5.91 Å². The summed E-state index contributed by atoms with van der Waals surface area (Å²) in [6, 6.07) is 7.46. The molecule has 2 amide bonds. The quantitative estimate of drug-likeness (QED) is 0.804. The van der Waals surface area contributed by atoms with Crippen LogP contribution in [-0.2, 0) is 11.3 Å². The van der Waals surface area contributed by atoms with Crippen LogP contribution in [0.25, 0.3) is 0 Å². The minimum Gasteiger partial charge on any atom is -0.366 e. The molecule has 0 spiro atoms. The van der Waals surface area contributed by atoms with Crippen LogP contribution in [0.2, 0.25) is 0 Å². The first kappa shape index (κ1) is 16.5. The molecule has 22 heavy (non-hydrogen) atoms. The standard InChI is InChI=1S/C17H25N3O2/c1-13(20-10-2-3-11-20)4-9-16(21)19-12-14-5-7-15(8-6-14)17(18)22/h5-8,13H,2-4,9-12H2,1H3,(H2,18,22)(H,19,21). The Morgan fingerprint density at radius 1 is 1.23 bits per heavy atom. The fraction of sp³-hybridized carbons (Fsp3) is 0.529. The minimum absolute atomic E-state index is 0.0741. The molecule has 0 saturated carbocycles. The Labute approximate surface area is 131 Å². The first-order chi connectivity index (χ1) is 10.6. The van der Waals surface area contributed by atoms with E-state index >= 15 is 0 Å². The molecule has 1 aliphatic rings. The number of nitrogens with zero attached hydrogens (tertiary/aromatic N) is 1. The highest BCUT2D eigenvalue weighted by Gasteiger charge is 2.18. The molecule has 3 N–H and O–H groups in total. The maximum absolute atomic E-state index is 11.9. The summed E-state index contributed by atoms with van der Waals surface area (Å²) in [7, 11) is 0. The zero-order chi connectivity index (χ0) is 15.9. The average Bonchev–Trinajstić information content (AvgIpc) is 3.05. The maximum atomic E-state index is 11.9. The Morgan fingerprint density at radius 3 is 2.45 bits per heavy atom. The highest BCUT2D eigenvalue weighted by atomic mass is 16.1. The number of nitrogens with one attached hydrogen (secondary N) is 1. The molecule has 0 aliphatic carbocycles. The Balaban J connectivity index is 1.69. The summed E-state index contributed by atoms with van der Waals surface area (Å²) < 4.78 is 0. The zero-order valence-electron chi connectivity index (χ0n) is 13.2. The van der Waals surface area contributed by atoms with Crippen LogP contribution in [0.4, 0.5) is 0 Å². The van der Waals surface area contributed by atoms with Crippen molar-refractivity contribution in [2.45, 2.75) is 45.2 Å². The fourth-order valence-electron chi connectivity index (χ4n) is 2.78. The van der Waals surface area contributed by atoms with Gasteiger partial charge in [0.05, 0.1) is 0 Å². The second-order valence-corrected chi connectivity index (χ2v) is 5.97. The largest absolute Gasteiger partial charge is 0.366 e. The van der Waals surface area contributed by atoms with Crippen LogP contribution in [-0.4, -0.2) is 35.8 Å². The molecule has 1 heterocycles. The van der Waals surface area contributed by atoms with Crippen molar-refractivity contribution < 1.29 is 9.59 Å². The second kappa shape index (κ2) is 7.94. The van der Waals surface area contributed by atoms with E-state index in [0.29, 0.717) is 24.6 Å². The Morgan fingerprint density at radius 2 is 1.86 bits per heavy atom. The molecule has 5 heteroatoms. The van der Waals surface area contributed by atoms with Gasteiger partial charge in [-0.25, -0.2) is 0 Å². The Kier molecular flexibility index (Phi) is 5.95. The van der Waals surface area contributed by atoms with Crippen molar-refractivity contribution in [1.82, 2.24) is 10.2 Å². The molecule has 5 nitrogen and oxygen atoms in total. The van der Waals surface area contributed by atoms with E-state index in [1.165, 1.54) is 12.8 Å². The first-order valence-electron chi connectivity index (χ1n) is 7.96. The summed E-state index contributed by atoms with van der Waals surface area (Å²) >= 11 is 0. The van der Waals surface area contributed by atoms with Crippen molar-refractivity contribution in [2.24, 2.45) is 5.73 Å². The van der Waals surface area contributed by atoms with Crippen LogP contribution in [0.15, 0.2) is 24.3 Å². The van der Waals surface area contributed by atoms with Gasteiger partial charge in [-0.2, -0.15) is 0 Å². The third-order valence-corrected chi connectivity index (χ3v) is 4.28. The molecule has 1 saturated heterocycles. The second-order valence-electron chi connectivity index (χ2n) is 5.97. The number of carbonyl (C=O) groups is 2. The predicted molar refractivity (Wildman–Crippen MR) is 86.3 cm³/mol. The van der Waals surface area contributed by atoms with Gasteiger partial charge in [0.25, 0.3) is 0 Å². The molecular formula is C17H25N3O2. The number of nitrogens with two attached hydrogens (primary N) is 1. The fourth-order valence-corrected chi connectivity index (χ4v) is 2.78. The van der Waals surface area contributed by atoms with Gasteiger partial charge in [0.1, 0.15) is 0 Å². The van der Waals surface area contributed by atoms with Crippen LogP contribution in [0.5, 0.6) is 0 Å². The molecule has 0 bridgehead atoms. The Hall–Kier alpha value is -1.88. The minimum atomic E-state index is -0.438. The van der Waals surface area contributed by atoms with Gasteiger partial charge in [-0.3, -0.25) is 9.59 Å². The molecule has 1 aliphatic heterocycles. The van der Waals surface area contributed by atoms with Gasteiger partial charge in [-0.15, -0.1) is 0 Å². The number of likely N-dealkylation sites (tertiary alicyclic amines) is 1. The molecule has 2 rings (SSSR count). The predicted octanol–water partition coefficient (Wildman–Crippen LogP) is 1.67.